The van der Waals surface area contributed by atoms with E-state index in [4.69, 9.17) is 0 Å². The van der Waals surface area contributed by atoms with Crippen molar-refractivity contribution in [3.8, 4) is 0 Å². The number of anilines is 2. The second-order valence-corrected chi connectivity index (χ2v) is 8.40. The second-order valence-electron chi connectivity index (χ2n) is 6.17. The number of carbonyl (C=O) groups excluding carboxylic acids is 1. The average molecular weight is 338 g/mol. The van der Waals surface area contributed by atoms with Crippen molar-refractivity contribution in [2.24, 2.45) is 0 Å². The Morgan fingerprint density at radius 1 is 1.39 bits per heavy atom. The Labute approximate surface area is 136 Å². The van der Waals surface area contributed by atoms with E-state index in [0.29, 0.717) is 12.1 Å². The molecule has 2 aliphatic rings. The van der Waals surface area contributed by atoms with Gasteiger partial charge in [-0.3, -0.25) is 0 Å². The Hall–Kier alpha value is -1.83. The maximum Gasteiger partial charge on any atom is 0.321 e. The van der Waals surface area contributed by atoms with Gasteiger partial charge in [0.15, 0.2) is 15.7 Å². The van der Waals surface area contributed by atoms with E-state index >= 15 is 0 Å². The average Bonchev–Trinajstić information content (AvgIpc) is 3.16. The van der Waals surface area contributed by atoms with Crippen molar-refractivity contribution >= 4 is 27.4 Å². The fourth-order valence-electron chi connectivity index (χ4n) is 3.13. The fourth-order valence-corrected chi connectivity index (χ4v) is 4.90. The summed E-state index contributed by atoms with van der Waals surface area (Å²) in [4.78, 5) is 20.5. The molecular weight excluding hydrogens is 316 g/mol. The molecule has 0 bridgehead atoms. The number of hydrogen-bond donors (Lipinski definition) is 1. The Morgan fingerprint density at radius 2 is 2.13 bits per heavy atom. The zero-order chi connectivity index (χ0) is 16.4. The van der Waals surface area contributed by atoms with Gasteiger partial charge in [0.1, 0.15) is 0 Å². The minimum Gasteiger partial charge on any atom is -0.355 e. The smallest absolute Gasteiger partial charge is 0.321 e. The molecule has 1 aromatic rings. The Bertz CT molecular complexity index is 686. The van der Waals surface area contributed by atoms with Gasteiger partial charge in [-0.05, 0) is 31.4 Å². The zero-order valence-corrected chi connectivity index (χ0v) is 14.1. The summed E-state index contributed by atoms with van der Waals surface area (Å²) >= 11 is 0. The zero-order valence-electron chi connectivity index (χ0n) is 13.2. The van der Waals surface area contributed by atoms with Crippen molar-refractivity contribution in [2.75, 3.05) is 41.9 Å². The number of sulfone groups is 1. The molecule has 2 amide bonds. The van der Waals surface area contributed by atoms with Gasteiger partial charge in [-0.15, -0.1) is 0 Å². The summed E-state index contributed by atoms with van der Waals surface area (Å²) in [5, 5.41) is 2.88. The molecule has 23 heavy (non-hydrogen) atoms. The van der Waals surface area contributed by atoms with E-state index in [-0.39, 0.29) is 23.6 Å². The summed E-state index contributed by atoms with van der Waals surface area (Å²) < 4.78 is 23.2. The Kier molecular flexibility index (Phi) is 4.43. The molecule has 0 saturated carbocycles. The summed E-state index contributed by atoms with van der Waals surface area (Å²) in [6.45, 7) is 1.88. The summed E-state index contributed by atoms with van der Waals surface area (Å²) in [6.07, 6.45) is 4.47. The highest BCUT2D eigenvalue weighted by Crippen LogP contribution is 2.26. The van der Waals surface area contributed by atoms with E-state index in [1.165, 1.54) is 4.90 Å². The molecule has 1 aromatic heterocycles. The number of amides is 2. The molecule has 3 rings (SSSR count). The van der Waals surface area contributed by atoms with Crippen molar-refractivity contribution in [2.45, 2.75) is 25.3 Å². The van der Waals surface area contributed by atoms with Crippen LogP contribution in [0.1, 0.15) is 19.3 Å². The van der Waals surface area contributed by atoms with Crippen molar-refractivity contribution in [1.82, 2.24) is 9.88 Å². The number of nitrogens with zero attached hydrogens (tertiary/aromatic N) is 3. The molecule has 1 atom stereocenters. The summed E-state index contributed by atoms with van der Waals surface area (Å²) in [5.41, 5.74) is 0.673. The molecule has 0 unspecified atom stereocenters. The molecule has 8 heteroatoms. The lowest BCUT2D eigenvalue weighted by atomic mass is 10.2. The van der Waals surface area contributed by atoms with E-state index < -0.39 is 9.84 Å². The maximum absolute atomic E-state index is 12.5. The molecule has 0 aliphatic carbocycles. The van der Waals surface area contributed by atoms with Gasteiger partial charge < -0.3 is 15.1 Å². The first-order valence-corrected chi connectivity index (χ1v) is 9.72. The number of hydrogen-bond acceptors (Lipinski definition) is 5. The lowest BCUT2D eigenvalue weighted by molar-refractivity contribution is 0.209. The van der Waals surface area contributed by atoms with Gasteiger partial charge in [0.2, 0.25) is 0 Å². The molecule has 1 N–H and O–H groups in total. The van der Waals surface area contributed by atoms with Crippen molar-refractivity contribution in [1.29, 1.82) is 0 Å². The predicted molar refractivity (Wildman–Crippen MR) is 89.5 cm³/mol. The van der Waals surface area contributed by atoms with Crippen LogP contribution in [0, 0.1) is 0 Å². The van der Waals surface area contributed by atoms with Crippen LogP contribution in [0.15, 0.2) is 18.3 Å². The first-order chi connectivity index (χ1) is 11.0. The molecule has 2 saturated heterocycles. The van der Waals surface area contributed by atoms with E-state index in [1.54, 1.807) is 19.3 Å². The highest BCUT2D eigenvalue weighted by atomic mass is 32.2. The van der Waals surface area contributed by atoms with Gasteiger partial charge in [0.25, 0.3) is 0 Å². The van der Waals surface area contributed by atoms with Crippen molar-refractivity contribution in [3.05, 3.63) is 18.3 Å². The van der Waals surface area contributed by atoms with Crippen LogP contribution in [0.4, 0.5) is 16.3 Å². The maximum atomic E-state index is 12.5. The van der Waals surface area contributed by atoms with Crippen LogP contribution in [0.25, 0.3) is 0 Å². The van der Waals surface area contributed by atoms with Gasteiger partial charge in [-0.1, -0.05) is 0 Å². The highest BCUT2D eigenvalue weighted by molar-refractivity contribution is 7.91. The minimum absolute atomic E-state index is 0.0446. The van der Waals surface area contributed by atoms with Gasteiger partial charge in [-0.25, -0.2) is 18.2 Å². The number of carbonyl (C=O) groups is 1. The molecule has 7 nitrogen and oxygen atoms in total. The van der Waals surface area contributed by atoms with Crippen LogP contribution in [0.3, 0.4) is 0 Å². The summed E-state index contributed by atoms with van der Waals surface area (Å²) in [6, 6.07) is 3.07. The third-order valence-electron chi connectivity index (χ3n) is 4.51. The number of rotatable bonds is 3. The SMILES string of the molecule is CN(C(=O)Nc1cccnc1N1CCCC1)[C@H]1CCS(=O)(=O)C1. The topological polar surface area (TPSA) is 82.6 Å². The van der Waals surface area contributed by atoms with Gasteiger partial charge in [-0.2, -0.15) is 0 Å². The van der Waals surface area contributed by atoms with Crippen LogP contribution in [-0.2, 0) is 9.84 Å². The summed E-state index contributed by atoms with van der Waals surface area (Å²) in [5.74, 6) is 0.982. The predicted octanol–water partition coefficient (Wildman–Crippen LogP) is 1.33. The van der Waals surface area contributed by atoms with Crippen LogP contribution in [-0.4, -0.2) is 62.0 Å². The Morgan fingerprint density at radius 3 is 2.78 bits per heavy atom. The number of pyridine rings is 1. The third kappa shape index (κ3) is 3.57. The van der Waals surface area contributed by atoms with Gasteiger partial charge >= 0.3 is 6.03 Å². The molecule has 0 radical (unpaired) electrons. The molecule has 2 aliphatic heterocycles. The number of nitrogens with one attached hydrogen (secondary N) is 1. The van der Waals surface area contributed by atoms with E-state index in [0.717, 1.165) is 31.7 Å². The number of aromatic nitrogens is 1. The first kappa shape index (κ1) is 16.0. The minimum atomic E-state index is -3.01. The molecule has 3 heterocycles. The van der Waals surface area contributed by atoms with Crippen LogP contribution in [0.2, 0.25) is 0 Å². The van der Waals surface area contributed by atoms with Gasteiger partial charge in [0, 0.05) is 32.4 Å². The van der Waals surface area contributed by atoms with Crippen molar-refractivity contribution in [3.63, 3.8) is 0 Å². The monoisotopic (exact) mass is 338 g/mol. The largest absolute Gasteiger partial charge is 0.355 e. The van der Waals surface area contributed by atoms with Gasteiger partial charge in [0.05, 0.1) is 17.2 Å². The van der Waals surface area contributed by atoms with E-state index in [2.05, 4.69) is 15.2 Å². The fraction of sp³-hybridized carbons (Fsp3) is 0.600. The number of urea groups is 1. The van der Waals surface area contributed by atoms with E-state index in [9.17, 15) is 13.2 Å². The second kappa shape index (κ2) is 6.35. The highest BCUT2D eigenvalue weighted by Gasteiger charge is 2.33. The van der Waals surface area contributed by atoms with Crippen LogP contribution >= 0.6 is 0 Å². The lowest BCUT2D eigenvalue weighted by Gasteiger charge is -2.25. The first-order valence-electron chi connectivity index (χ1n) is 7.90. The standard InChI is InChI=1S/C15H22N4O3S/c1-18(12-6-10-23(21,22)11-12)15(20)17-13-5-4-7-16-14(13)19-8-2-3-9-19/h4-5,7,12H,2-3,6,8-11H2,1H3,(H,17,20)/t12-/m0/s1. The lowest BCUT2D eigenvalue weighted by Crippen LogP contribution is -2.40. The molecular formula is C15H22N4O3S. The Balaban J connectivity index is 1.70. The van der Waals surface area contributed by atoms with Crippen LogP contribution in [0.5, 0.6) is 0 Å². The molecule has 0 aromatic carbocycles. The van der Waals surface area contributed by atoms with E-state index in [1.807, 2.05) is 6.07 Å². The van der Waals surface area contributed by atoms with Crippen LogP contribution < -0.4 is 10.2 Å². The normalized spacial score (nSPS) is 23.0. The quantitative estimate of drug-likeness (QED) is 0.899. The third-order valence-corrected chi connectivity index (χ3v) is 6.26. The molecule has 126 valence electrons. The molecule has 0 spiro atoms. The molecule has 2 fully saturated rings. The summed E-state index contributed by atoms with van der Waals surface area (Å²) in [7, 11) is -1.36. The van der Waals surface area contributed by atoms with Crippen molar-refractivity contribution < 1.29 is 13.2 Å².